The van der Waals surface area contributed by atoms with Crippen LogP contribution in [0.25, 0.3) is 0 Å². The van der Waals surface area contributed by atoms with E-state index in [-0.39, 0.29) is 12.5 Å². The van der Waals surface area contributed by atoms with Crippen LogP contribution in [-0.4, -0.2) is 12.5 Å². The number of hydrogen-bond acceptors (Lipinski definition) is 1. The van der Waals surface area contributed by atoms with E-state index in [1.165, 1.54) is 18.2 Å². The van der Waals surface area contributed by atoms with Crippen molar-refractivity contribution >= 4 is 5.91 Å². The second-order valence-electron chi connectivity index (χ2n) is 3.86. The van der Waals surface area contributed by atoms with Gasteiger partial charge in [-0.3, -0.25) is 4.79 Å². The van der Waals surface area contributed by atoms with Crippen LogP contribution in [0.4, 0.5) is 4.39 Å². The third kappa shape index (κ3) is 3.97. The lowest BCUT2D eigenvalue weighted by molar-refractivity contribution is 0.0958. The van der Waals surface area contributed by atoms with E-state index in [4.69, 9.17) is 0 Å². The number of carbonyl (C=O) groups excluding carboxylic acids is 1. The Hall–Kier alpha value is -2.60. The van der Waals surface area contributed by atoms with E-state index in [1.807, 2.05) is 30.3 Å². The Morgan fingerprint density at radius 2 is 1.89 bits per heavy atom. The van der Waals surface area contributed by atoms with Gasteiger partial charge in [0, 0.05) is 11.1 Å². The summed E-state index contributed by atoms with van der Waals surface area (Å²) in [6.07, 6.45) is 0. The fourth-order valence-corrected chi connectivity index (χ4v) is 1.52. The van der Waals surface area contributed by atoms with Crippen LogP contribution in [0.5, 0.6) is 0 Å². The summed E-state index contributed by atoms with van der Waals surface area (Å²) in [4.78, 5) is 11.7. The van der Waals surface area contributed by atoms with Crippen molar-refractivity contribution in [3.8, 4) is 11.8 Å². The monoisotopic (exact) mass is 253 g/mol. The number of carbonyl (C=O) groups is 1. The number of rotatable bonds is 2. The van der Waals surface area contributed by atoms with Gasteiger partial charge < -0.3 is 5.32 Å². The molecule has 2 rings (SSSR count). The van der Waals surface area contributed by atoms with Crippen molar-refractivity contribution < 1.29 is 9.18 Å². The predicted molar refractivity (Wildman–Crippen MR) is 72.1 cm³/mol. The Morgan fingerprint density at radius 1 is 1.11 bits per heavy atom. The van der Waals surface area contributed by atoms with Gasteiger partial charge in [-0.15, -0.1) is 0 Å². The van der Waals surface area contributed by atoms with E-state index in [0.717, 1.165) is 5.56 Å². The van der Waals surface area contributed by atoms with Gasteiger partial charge in [0.05, 0.1) is 6.54 Å². The Kier molecular flexibility index (Phi) is 4.30. The highest BCUT2D eigenvalue weighted by atomic mass is 19.1. The summed E-state index contributed by atoms with van der Waals surface area (Å²) in [5.41, 5.74) is 1.18. The topological polar surface area (TPSA) is 29.1 Å². The molecule has 0 bridgehead atoms. The van der Waals surface area contributed by atoms with Crippen molar-refractivity contribution in [3.05, 3.63) is 71.5 Å². The molecule has 0 saturated carbocycles. The molecule has 0 fully saturated rings. The fourth-order valence-electron chi connectivity index (χ4n) is 1.52. The van der Waals surface area contributed by atoms with Crippen LogP contribution in [0.2, 0.25) is 0 Å². The quantitative estimate of drug-likeness (QED) is 0.819. The maximum Gasteiger partial charge on any atom is 0.252 e. The Balaban J connectivity index is 1.90. The molecule has 2 aromatic carbocycles. The second-order valence-corrected chi connectivity index (χ2v) is 3.86. The molecule has 1 N–H and O–H groups in total. The minimum atomic E-state index is -0.428. The Morgan fingerprint density at radius 3 is 2.63 bits per heavy atom. The van der Waals surface area contributed by atoms with Crippen molar-refractivity contribution in [2.75, 3.05) is 6.54 Å². The second kappa shape index (κ2) is 6.36. The van der Waals surface area contributed by atoms with Crippen LogP contribution >= 0.6 is 0 Å². The van der Waals surface area contributed by atoms with Gasteiger partial charge in [0.15, 0.2) is 0 Å². The molecule has 0 aliphatic carbocycles. The highest BCUT2D eigenvalue weighted by molar-refractivity contribution is 5.94. The van der Waals surface area contributed by atoms with Crippen LogP contribution in [0.3, 0.4) is 0 Å². The van der Waals surface area contributed by atoms with Gasteiger partial charge in [0.2, 0.25) is 0 Å². The van der Waals surface area contributed by atoms with Crippen LogP contribution in [0.15, 0.2) is 54.6 Å². The average Bonchev–Trinajstić information content (AvgIpc) is 2.44. The summed E-state index contributed by atoms with van der Waals surface area (Å²) in [5, 5.41) is 2.62. The van der Waals surface area contributed by atoms with Crippen LogP contribution in [0.1, 0.15) is 15.9 Å². The molecule has 0 aliphatic heterocycles. The van der Waals surface area contributed by atoms with E-state index in [9.17, 15) is 9.18 Å². The minimum Gasteiger partial charge on any atom is -0.341 e. The molecule has 0 radical (unpaired) electrons. The first-order valence-corrected chi connectivity index (χ1v) is 5.83. The largest absolute Gasteiger partial charge is 0.341 e. The lowest BCUT2D eigenvalue weighted by Gasteiger charge is -2.00. The van der Waals surface area contributed by atoms with Gasteiger partial charge in [-0.2, -0.15) is 0 Å². The summed E-state index contributed by atoms with van der Waals surface area (Å²) in [6, 6.07) is 15.0. The lowest BCUT2D eigenvalue weighted by Crippen LogP contribution is -2.23. The first-order valence-electron chi connectivity index (χ1n) is 5.83. The first kappa shape index (κ1) is 12.8. The number of hydrogen-bond donors (Lipinski definition) is 1. The molecule has 0 saturated heterocycles. The van der Waals surface area contributed by atoms with Crippen molar-refractivity contribution in [3.63, 3.8) is 0 Å². The highest BCUT2D eigenvalue weighted by Gasteiger charge is 2.04. The summed E-state index contributed by atoms with van der Waals surface area (Å²) >= 11 is 0. The van der Waals surface area contributed by atoms with E-state index in [2.05, 4.69) is 17.2 Å². The van der Waals surface area contributed by atoms with E-state index >= 15 is 0 Å². The predicted octanol–water partition coefficient (Wildman–Crippen LogP) is 2.61. The summed E-state index contributed by atoms with van der Waals surface area (Å²) in [7, 11) is 0. The Labute approximate surface area is 111 Å². The van der Waals surface area contributed by atoms with Crippen LogP contribution in [0, 0.1) is 17.7 Å². The fraction of sp³-hybridized carbons (Fsp3) is 0.0625. The zero-order valence-corrected chi connectivity index (χ0v) is 10.2. The van der Waals surface area contributed by atoms with E-state index in [1.54, 1.807) is 6.07 Å². The van der Waals surface area contributed by atoms with Gasteiger partial charge in [-0.1, -0.05) is 36.1 Å². The molecule has 1 amide bonds. The molecular formula is C16H12FNO. The molecule has 2 nitrogen and oxygen atoms in total. The normalized spacial score (nSPS) is 9.32. The molecule has 3 heteroatoms. The Bertz CT molecular complexity index is 626. The third-order valence-electron chi connectivity index (χ3n) is 2.43. The smallest absolute Gasteiger partial charge is 0.252 e. The standard InChI is InChI=1S/C16H12FNO/c17-15-10-4-9-14(12-15)16(19)18-11-5-8-13-6-2-1-3-7-13/h1-4,6-7,9-10,12H,11H2,(H,18,19). The zero-order valence-electron chi connectivity index (χ0n) is 10.2. The maximum absolute atomic E-state index is 12.9. The summed E-state index contributed by atoms with van der Waals surface area (Å²) in [6.45, 7) is 0.226. The van der Waals surface area contributed by atoms with Gasteiger partial charge in [0.25, 0.3) is 5.91 Å². The first-order chi connectivity index (χ1) is 9.25. The summed E-state index contributed by atoms with van der Waals surface area (Å²) < 4.78 is 12.9. The molecule has 0 unspecified atom stereocenters. The van der Waals surface area contributed by atoms with E-state index in [0.29, 0.717) is 5.56 Å². The van der Waals surface area contributed by atoms with Gasteiger partial charge in [0.1, 0.15) is 5.82 Å². The van der Waals surface area contributed by atoms with Crippen molar-refractivity contribution in [2.24, 2.45) is 0 Å². The van der Waals surface area contributed by atoms with Gasteiger partial charge in [-0.05, 0) is 30.3 Å². The number of nitrogens with one attached hydrogen (secondary N) is 1. The maximum atomic E-state index is 12.9. The molecule has 2 aromatic rings. The highest BCUT2D eigenvalue weighted by Crippen LogP contribution is 2.02. The molecular weight excluding hydrogens is 241 g/mol. The molecule has 19 heavy (non-hydrogen) atoms. The zero-order chi connectivity index (χ0) is 13.5. The molecule has 0 aromatic heterocycles. The van der Waals surface area contributed by atoms with Crippen molar-refractivity contribution in [2.45, 2.75) is 0 Å². The summed E-state index contributed by atoms with van der Waals surface area (Å²) in [5.74, 6) is 5.01. The molecule has 94 valence electrons. The molecule has 0 aliphatic rings. The third-order valence-corrected chi connectivity index (χ3v) is 2.43. The minimum absolute atomic E-state index is 0.226. The molecule has 0 spiro atoms. The van der Waals surface area contributed by atoms with Gasteiger partial charge >= 0.3 is 0 Å². The van der Waals surface area contributed by atoms with Crippen molar-refractivity contribution in [1.82, 2.24) is 5.32 Å². The van der Waals surface area contributed by atoms with Crippen molar-refractivity contribution in [1.29, 1.82) is 0 Å². The number of amides is 1. The molecule has 0 atom stereocenters. The SMILES string of the molecule is O=C(NCC#Cc1ccccc1)c1cccc(F)c1. The van der Waals surface area contributed by atoms with Gasteiger partial charge in [-0.25, -0.2) is 4.39 Å². The van der Waals surface area contributed by atoms with Crippen LogP contribution in [-0.2, 0) is 0 Å². The lowest BCUT2D eigenvalue weighted by atomic mass is 10.2. The van der Waals surface area contributed by atoms with E-state index < -0.39 is 5.82 Å². The average molecular weight is 253 g/mol. The number of halogens is 1. The molecule has 0 heterocycles. The van der Waals surface area contributed by atoms with Crippen LogP contribution < -0.4 is 5.32 Å². The number of benzene rings is 2.